The van der Waals surface area contributed by atoms with Crippen LogP contribution in [-0.2, 0) is 25.7 Å². The first-order valence-electron chi connectivity index (χ1n) is 7.89. The molecule has 10 nitrogen and oxygen atoms in total. The zero-order valence-corrected chi connectivity index (χ0v) is 14.0. The van der Waals surface area contributed by atoms with Crippen LogP contribution in [0, 0.1) is 20.2 Å². The first-order valence-corrected chi connectivity index (χ1v) is 7.89. The molecule has 1 aliphatic rings. The Morgan fingerprint density at radius 2 is 1.93 bits per heavy atom. The van der Waals surface area contributed by atoms with Crippen molar-refractivity contribution in [3.05, 3.63) is 71.4 Å². The Morgan fingerprint density at radius 1 is 1.21 bits per heavy atom. The van der Waals surface area contributed by atoms with E-state index in [0.29, 0.717) is 0 Å². The summed E-state index contributed by atoms with van der Waals surface area (Å²) in [4.78, 5) is 39.3. The van der Waals surface area contributed by atoms with Crippen LogP contribution in [0.1, 0.15) is 22.6 Å². The van der Waals surface area contributed by atoms with E-state index in [1.54, 1.807) is 9.88 Å². The molecule has 0 atom stereocenters. The Kier molecular flexibility index (Phi) is 4.85. The smallest absolute Gasteiger partial charge is 0.303 e. The minimum absolute atomic E-state index is 0.00574. The zero-order valence-electron chi connectivity index (χ0n) is 14.0. The molecule has 1 aliphatic heterocycles. The molecule has 1 aromatic carbocycles. The maximum absolute atomic E-state index is 12.8. The second kappa shape index (κ2) is 6.99. The summed E-state index contributed by atoms with van der Waals surface area (Å²) in [7, 11) is 0. The molecule has 28 heavy (non-hydrogen) atoms. The first-order chi connectivity index (χ1) is 13.1. The van der Waals surface area contributed by atoms with E-state index >= 15 is 0 Å². The minimum Gasteiger partial charge on any atom is -0.303 e. The van der Waals surface area contributed by atoms with Gasteiger partial charge in [-0.1, -0.05) is 0 Å². The molecule has 0 spiro atoms. The van der Waals surface area contributed by atoms with Gasteiger partial charge in [-0.05, 0) is 6.07 Å². The molecule has 0 radical (unpaired) electrons. The molecule has 148 valence electrons. The normalized spacial score (nSPS) is 14.5. The van der Waals surface area contributed by atoms with Crippen LogP contribution in [0.2, 0.25) is 0 Å². The summed E-state index contributed by atoms with van der Waals surface area (Å²) in [5.41, 5.74) is -1.51. The largest absolute Gasteiger partial charge is 0.449 e. The summed E-state index contributed by atoms with van der Waals surface area (Å²) in [6, 6.07) is 3.22. The Morgan fingerprint density at radius 3 is 2.54 bits per heavy atom. The number of rotatable bonds is 4. The van der Waals surface area contributed by atoms with E-state index in [4.69, 9.17) is 0 Å². The molecule has 1 N–H and O–H groups in total. The third-order valence-corrected chi connectivity index (χ3v) is 4.29. The number of aromatic amines is 1. The molecule has 0 saturated carbocycles. The van der Waals surface area contributed by atoms with Crippen molar-refractivity contribution in [2.24, 2.45) is 0 Å². The van der Waals surface area contributed by atoms with Crippen molar-refractivity contribution in [3.8, 4) is 0 Å². The van der Waals surface area contributed by atoms with Gasteiger partial charge in [-0.25, -0.2) is 4.98 Å². The van der Waals surface area contributed by atoms with Crippen molar-refractivity contribution < 1.29 is 23.0 Å². The van der Waals surface area contributed by atoms with Crippen LogP contribution in [0.25, 0.3) is 0 Å². The highest BCUT2D eigenvalue weighted by molar-refractivity contribution is 5.49. The van der Waals surface area contributed by atoms with Gasteiger partial charge in [0.05, 0.1) is 27.2 Å². The number of halogens is 3. The summed E-state index contributed by atoms with van der Waals surface area (Å²) in [6.07, 6.45) is -4.71. The molecule has 0 unspecified atom stereocenters. The summed E-state index contributed by atoms with van der Waals surface area (Å²) >= 11 is 0. The molecular weight excluding hydrogens is 387 g/mol. The molecule has 2 heterocycles. The fraction of sp³-hybridized carbons (Fsp3) is 0.333. The summed E-state index contributed by atoms with van der Waals surface area (Å²) < 4.78 is 38.3. The van der Waals surface area contributed by atoms with Crippen molar-refractivity contribution >= 4 is 11.4 Å². The van der Waals surface area contributed by atoms with Crippen molar-refractivity contribution in [2.45, 2.75) is 25.7 Å². The average molecular weight is 399 g/mol. The lowest BCUT2D eigenvalue weighted by Crippen LogP contribution is -2.36. The van der Waals surface area contributed by atoms with Gasteiger partial charge in [-0.2, -0.15) is 13.2 Å². The van der Waals surface area contributed by atoms with Crippen molar-refractivity contribution in [2.75, 3.05) is 6.54 Å². The number of nitro benzene ring substituents is 2. The van der Waals surface area contributed by atoms with E-state index in [1.165, 1.54) is 6.07 Å². The number of nitrogens with zero attached hydrogens (tertiary/aromatic N) is 4. The van der Waals surface area contributed by atoms with Crippen molar-refractivity contribution in [1.29, 1.82) is 0 Å². The van der Waals surface area contributed by atoms with Crippen LogP contribution in [0.15, 0.2) is 23.0 Å². The molecule has 13 heteroatoms. The third kappa shape index (κ3) is 3.83. The van der Waals surface area contributed by atoms with Gasteiger partial charge in [0.1, 0.15) is 0 Å². The van der Waals surface area contributed by atoms with E-state index in [9.17, 15) is 38.2 Å². The van der Waals surface area contributed by atoms with Crippen LogP contribution >= 0.6 is 0 Å². The second-order valence-corrected chi connectivity index (χ2v) is 6.13. The monoisotopic (exact) mass is 399 g/mol. The molecule has 3 rings (SSSR count). The Balaban J connectivity index is 1.87. The number of nitrogens with one attached hydrogen (secondary N) is 1. The highest BCUT2D eigenvalue weighted by Gasteiger charge is 2.36. The average Bonchev–Trinajstić information content (AvgIpc) is 2.61. The topological polar surface area (TPSA) is 135 Å². The Hall–Kier alpha value is -3.35. The SMILES string of the molecule is O=c1[nH]c(C(F)(F)F)nc2c1CN(Cc1ccc([N+](=O)[O-])cc1[N+](=O)[O-])CC2. The van der Waals surface area contributed by atoms with Gasteiger partial charge in [-0.15, -0.1) is 0 Å². The summed E-state index contributed by atoms with van der Waals surface area (Å²) in [5.74, 6) is -1.37. The first kappa shape index (κ1) is 19.4. The zero-order chi connectivity index (χ0) is 20.6. The van der Waals surface area contributed by atoms with E-state index in [2.05, 4.69) is 4.98 Å². The van der Waals surface area contributed by atoms with Gasteiger partial charge in [0.25, 0.3) is 16.9 Å². The van der Waals surface area contributed by atoms with Gasteiger partial charge in [0.2, 0.25) is 5.82 Å². The highest BCUT2D eigenvalue weighted by atomic mass is 19.4. The van der Waals surface area contributed by atoms with Crippen molar-refractivity contribution in [1.82, 2.24) is 14.9 Å². The van der Waals surface area contributed by atoms with Crippen LogP contribution in [0.4, 0.5) is 24.5 Å². The fourth-order valence-electron chi connectivity index (χ4n) is 2.96. The quantitative estimate of drug-likeness (QED) is 0.615. The van der Waals surface area contributed by atoms with Crippen molar-refractivity contribution in [3.63, 3.8) is 0 Å². The van der Waals surface area contributed by atoms with Gasteiger partial charge < -0.3 is 4.98 Å². The molecule has 0 amide bonds. The maximum atomic E-state index is 12.8. The van der Waals surface area contributed by atoms with Crippen LogP contribution in [0.3, 0.4) is 0 Å². The second-order valence-electron chi connectivity index (χ2n) is 6.13. The lowest BCUT2D eigenvalue weighted by molar-refractivity contribution is -0.394. The lowest BCUT2D eigenvalue weighted by atomic mass is 10.0. The molecule has 0 fully saturated rings. The standard InChI is InChI=1S/C15H12F3N5O5/c16-15(17,18)14-19-11-3-4-21(7-10(11)13(24)20-14)6-8-1-2-9(22(25)26)5-12(8)23(27)28/h1-2,5H,3-4,6-7H2,(H,19,20,24). The molecule has 0 aliphatic carbocycles. The number of fused-ring (bicyclic) bond motifs is 1. The van der Waals surface area contributed by atoms with Gasteiger partial charge in [-0.3, -0.25) is 29.9 Å². The Labute approximate surface area is 153 Å². The molecule has 0 saturated heterocycles. The van der Waals surface area contributed by atoms with Crippen LogP contribution < -0.4 is 5.56 Å². The molecular formula is C15H12F3N5O5. The summed E-state index contributed by atoms with van der Waals surface area (Å²) in [6.45, 7) is 0.160. The highest BCUT2D eigenvalue weighted by Crippen LogP contribution is 2.29. The lowest BCUT2D eigenvalue weighted by Gasteiger charge is -2.27. The number of hydrogen-bond acceptors (Lipinski definition) is 7. The van der Waals surface area contributed by atoms with Gasteiger partial charge >= 0.3 is 6.18 Å². The number of hydrogen-bond donors (Lipinski definition) is 1. The minimum atomic E-state index is -4.77. The third-order valence-electron chi connectivity index (χ3n) is 4.29. The molecule has 2 aromatic rings. The maximum Gasteiger partial charge on any atom is 0.449 e. The van der Waals surface area contributed by atoms with E-state index in [0.717, 1.165) is 12.1 Å². The van der Waals surface area contributed by atoms with E-state index in [1.807, 2.05) is 0 Å². The number of alkyl halides is 3. The Bertz CT molecular complexity index is 1020. The number of H-pyrrole nitrogens is 1. The number of benzene rings is 1. The van der Waals surface area contributed by atoms with Crippen LogP contribution in [0.5, 0.6) is 0 Å². The van der Waals surface area contributed by atoms with E-state index in [-0.39, 0.29) is 42.9 Å². The number of aromatic nitrogens is 2. The molecule has 0 bridgehead atoms. The number of nitro groups is 2. The van der Waals surface area contributed by atoms with Gasteiger partial charge in [0, 0.05) is 37.7 Å². The predicted molar refractivity (Wildman–Crippen MR) is 87.4 cm³/mol. The number of non-ortho nitro benzene ring substituents is 1. The summed E-state index contributed by atoms with van der Waals surface area (Å²) in [5, 5.41) is 22.0. The fourth-order valence-corrected chi connectivity index (χ4v) is 2.96. The van der Waals surface area contributed by atoms with Gasteiger partial charge in [0.15, 0.2) is 0 Å². The van der Waals surface area contributed by atoms with Crippen LogP contribution in [-0.4, -0.2) is 31.3 Å². The molecule has 1 aromatic heterocycles. The predicted octanol–water partition coefficient (Wildman–Crippen LogP) is 2.16. The van der Waals surface area contributed by atoms with E-state index < -0.39 is 38.8 Å².